The van der Waals surface area contributed by atoms with E-state index in [-0.39, 0.29) is 16.6 Å². The summed E-state index contributed by atoms with van der Waals surface area (Å²) in [6, 6.07) is 5.40. The molecule has 126 valence electrons. The van der Waals surface area contributed by atoms with Crippen LogP contribution in [0.25, 0.3) is 0 Å². The molecule has 0 N–H and O–H groups in total. The summed E-state index contributed by atoms with van der Waals surface area (Å²) in [5.74, 6) is -0.215. The lowest BCUT2D eigenvalue weighted by Gasteiger charge is -2.21. The number of methoxy groups -OCH3 is 1. The third kappa shape index (κ3) is 5.01. The third-order valence-corrected chi connectivity index (χ3v) is 4.14. The first-order valence-corrected chi connectivity index (χ1v) is 7.75. The number of ether oxygens (including phenoxy) is 1. The highest BCUT2D eigenvalue weighted by molar-refractivity contribution is 5.71. The summed E-state index contributed by atoms with van der Waals surface area (Å²) >= 11 is 0. The van der Waals surface area contributed by atoms with Crippen molar-refractivity contribution < 1.29 is 14.5 Å². The number of carbonyl (C=O) groups excluding carboxylic acids is 1. The lowest BCUT2D eigenvalue weighted by atomic mass is 10.1. The van der Waals surface area contributed by atoms with Gasteiger partial charge in [-0.2, -0.15) is 0 Å². The van der Waals surface area contributed by atoms with Gasteiger partial charge in [-0.3, -0.25) is 24.7 Å². The van der Waals surface area contributed by atoms with Gasteiger partial charge < -0.3 is 4.74 Å². The minimum Gasteiger partial charge on any atom is -0.468 e. The van der Waals surface area contributed by atoms with Crippen LogP contribution < -0.4 is 0 Å². The Morgan fingerprint density at radius 2 is 1.96 bits per heavy atom. The normalized spacial score (nSPS) is 16.8. The lowest BCUT2D eigenvalue weighted by Crippen LogP contribution is -2.34. The van der Waals surface area contributed by atoms with E-state index in [1.165, 1.54) is 7.11 Å². The van der Waals surface area contributed by atoms with E-state index in [0.29, 0.717) is 18.7 Å². The molecule has 0 saturated carbocycles. The quantitative estimate of drug-likeness (QED) is 0.466. The van der Waals surface area contributed by atoms with Gasteiger partial charge in [0.15, 0.2) is 0 Å². The maximum absolute atomic E-state index is 11.4. The Labute approximate surface area is 136 Å². The van der Waals surface area contributed by atoms with E-state index >= 15 is 0 Å². The summed E-state index contributed by atoms with van der Waals surface area (Å²) in [7, 11) is 1.40. The van der Waals surface area contributed by atoms with Crippen LogP contribution in [0, 0.1) is 17.0 Å². The zero-order chi connectivity index (χ0) is 16.8. The van der Waals surface area contributed by atoms with Crippen molar-refractivity contribution in [2.75, 3.05) is 39.8 Å². The predicted molar refractivity (Wildman–Crippen MR) is 86.2 cm³/mol. The smallest absolute Gasteiger partial charge is 0.319 e. The number of hydrogen-bond donors (Lipinski definition) is 0. The van der Waals surface area contributed by atoms with Gasteiger partial charge in [-0.15, -0.1) is 0 Å². The van der Waals surface area contributed by atoms with Crippen LogP contribution in [0.2, 0.25) is 0 Å². The molecule has 0 radical (unpaired) electrons. The molecule has 1 saturated heterocycles. The van der Waals surface area contributed by atoms with Crippen LogP contribution >= 0.6 is 0 Å². The summed E-state index contributed by atoms with van der Waals surface area (Å²) in [5.41, 5.74) is 1.80. The molecule has 1 heterocycles. The first-order valence-electron chi connectivity index (χ1n) is 7.75. The van der Waals surface area contributed by atoms with Gasteiger partial charge >= 0.3 is 5.97 Å². The van der Waals surface area contributed by atoms with Crippen molar-refractivity contribution in [3.8, 4) is 0 Å². The van der Waals surface area contributed by atoms with Crippen LogP contribution in [-0.2, 0) is 16.1 Å². The van der Waals surface area contributed by atoms with E-state index in [2.05, 4.69) is 9.80 Å². The summed E-state index contributed by atoms with van der Waals surface area (Å²) < 4.78 is 4.70. The molecular weight excluding hydrogens is 298 g/mol. The average Bonchev–Trinajstić information content (AvgIpc) is 2.74. The molecular formula is C16H23N3O4. The Bertz CT molecular complexity index is 576. The molecule has 0 aromatic heterocycles. The van der Waals surface area contributed by atoms with E-state index in [9.17, 15) is 14.9 Å². The van der Waals surface area contributed by atoms with Crippen molar-refractivity contribution in [3.05, 3.63) is 39.4 Å². The van der Waals surface area contributed by atoms with E-state index in [1.807, 2.05) is 6.07 Å². The third-order valence-electron chi connectivity index (χ3n) is 4.14. The van der Waals surface area contributed by atoms with Gasteiger partial charge in [-0.05, 0) is 25.5 Å². The predicted octanol–water partition coefficient (Wildman–Crippen LogP) is 1.58. The number of rotatable bonds is 5. The van der Waals surface area contributed by atoms with Gasteiger partial charge in [0.25, 0.3) is 5.69 Å². The molecule has 0 spiro atoms. The number of hydrogen-bond acceptors (Lipinski definition) is 6. The first-order chi connectivity index (χ1) is 11.0. The van der Waals surface area contributed by atoms with Crippen LogP contribution in [0.1, 0.15) is 17.5 Å². The number of benzene rings is 1. The number of aryl methyl sites for hydroxylation is 1. The van der Waals surface area contributed by atoms with Gasteiger partial charge in [0.05, 0.1) is 18.6 Å². The molecule has 1 aliphatic heterocycles. The molecule has 2 rings (SSSR count). The van der Waals surface area contributed by atoms with Crippen molar-refractivity contribution in [2.24, 2.45) is 0 Å². The second kappa shape index (κ2) is 8.03. The summed E-state index contributed by atoms with van der Waals surface area (Å²) in [4.78, 5) is 26.4. The Balaban J connectivity index is 1.95. The maximum atomic E-state index is 11.4. The summed E-state index contributed by atoms with van der Waals surface area (Å²) in [6.45, 7) is 6.16. The minimum atomic E-state index is -0.334. The summed E-state index contributed by atoms with van der Waals surface area (Å²) in [5, 5.41) is 11.0. The van der Waals surface area contributed by atoms with Crippen molar-refractivity contribution in [1.82, 2.24) is 9.80 Å². The number of carbonyl (C=O) groups is 1. The molecule has 0 amide bonds. The Kier molecular flexibility index (Phi) is 6.06. The summed E-state index contributed by atoms with van der Waals surface area (Å²) in [6.07, 6.45) is 0.963. The molecule has 7 nitrogen and oxygen atoms in total. The van der Waals surface area contributed by atoms with Crippen molar-refractivity contribution in [3.63, 3.8) is 0 Å². The first kappa shape index (κ1) is 17.4. The number of nitro benzene ring substituents is 1. The van der Waals surface area contributed by atoms with Crippen LogP contribution in [0.3, 0.4) is 0 Å². The SMILES string of the molecule is COC(=O)CN1CCCN(Cc2ccc(C)c([N+](=O)[O-])c2)CC1. The standard InChI is InChI=1S/C16H23N3O4/c1-13-4-5-14(10-15(13)19(21)22)11-17-6-3-7-18(9-8-17)12-16(20)23-2/h4-5,10H,3,6-9,11-12H2,1-2H3. The van der Waals surface area contributed by atoms with E-state index < -0.39 is 0 Å². The van der Waals surface area contributed by atoms with Crippen LogP contribution in [0.15, 0.2) is 18.2 Å². The van der Waals surface area contributed by atoms with Crippen molar-refractivity contribution >= 4 is 11.7 Å². The molecule has 0 atom stereocenters. The zero-order valence-corrected chi connectivity index (χ0v) is 13.7. The lowest BCUT2D eigenvalue weighted by molar-refractivity contribution is -0.385. The van der Waals surface area contributed by atoms with Crippen molar-refractivity contribution in [1.29, 1.82) is 0 Å². The van der Waals surface area contributed by atoms with Gasteiger partial charge in [-0.1, -0.05) is 12.1 Å². The number of esters is 1. The Morgan fingerprint density at radius 1 is 1.26 bits per heavy atom. The molecule has 1 aliphatic rings. The van der Waals surface area contributed by atoms with E-state index in [4.69, 9.17) is 4.74 Å². The molecule has 0 aliphatic carbocycles. The average molecular weight is 321 g/mol. The van der Waals surface area contributed by atoms with Gasteiger partial charge in [0, 0.05) is 37.8 Å². The fourth-order valence-corrected chi connectivity index (χ4v) is 2.80. The van der Waals surface area contributed by atoms with Gasteiger partial charge in [0.2, 0.25) is 0 Å². The molecule has 23 heavy (non-hydrogen) atoms. The fourth-order valence-electron chi connectivity index (χ4n) is 2.80. The van der Waals surface area contributed by atoms with Gasteiger partial charge in [0.1, 0.15) is 0 Å². The molecule has 7 heteroatoms. The molecule has 1 fully saturated rings. The monoisotopic (exact) mass is 321 g/mol. The highest BCUT2D eigenvalue weighted by atomic mass is 16.6. The van der Waals surface area contributed by atoms with Gasteiger partial charge in [-0.25, -0.2) is 0 Å². The maximum Gasteiger partial charge on any atom is 0.319 e. The number of nitrogens with zero attached hydrogens (tertiary/aromatic N) is 3. The molecule has 1 aromatic carbocycles. The van der Waals surface area contributed by atoms with Crippen LogP contribution in [-0.4, -0.2) is 60.5 Å². The zero-order valence-electron chi connectivity index (χ0n) is 13.7. The number of nitro groups is 1. The fraction of sp³-hybridized carbons (Fsp3) is 0.562. The second-order valence-electron chi connectivity index (χ2n) is 5.86. The Hall–Kier alpha value is -1.99. The van der Waals surface area contributed by atoms with Crippen LogP contribution in [0.5, 0.6) is 0 Å². The minimum absolute atomic E-state index is 0.171. The topological polar surface area (TPSA) is 75.9 Å². The Morgan fingerprint density at radius 3 is 2.65 bits per heavy atom. The molecule has 1 aromatic rings. The highest BCUT2D eigenvalue weighted by Gasteiger charge is 2.18. The van der Waals surface area contributed by atoms with Crippen LogP contribution in [0.4, 0.5) is 5.69 Å². The van der Waals surface area contributed by atoms with E-state index in [0.717, 1.165) is 38.2 Å². The molecule has 0 unspecified atom stereocenters. The largest absolute Gasteiger partial charge is 0.468 e. The van der Waals surface area contributed by atoms with Crippen molar-refractivity contribution in [2.45, 2.75) is 19.9 Å². The molecule has 0 bridgehead atoms. The highest BCUT2D eigenvalue weighted by Crippen LogP contribution is 2.20. The second-order valence-corrected chi connectivity index (χ2v) is 5.86. The van der Waals surface area contributed by atoms with E-state index in [1.54, 1.807) is 19.1 Å².